The Bertz CT molecular complexity index is 453. The van der Waals surface area contributed by atoms with Crippen molar-refractivity contribution in [1.82, 2.24) is 14.8 Å². The molecule has 6 heteroatoms. The normalized spacial score (nSPS) is 10.8. The monoisotopic (exact) mass is 266 g/mol. The second-order valence-corrected chi connectivity index (χ2v) is 6.23. The molecule has 0 N–H and O–H groups in total. The minimum atomic E-state index is 0.603. The Morgan fingerprint density at radius 3 is 2.47 bits per heavy atom. The molecule has 1 aromatic heterocycles. The lowest BCUT2D eigenvalue weighted by Gasteiger charge is -2.15. The zero-order chi connectivity index (χ0) is 12.3. The van der Waals surface area contributed by atoms with Crippen LogP contribution in [0.25, 0.3) is 0 Å². The number of anilines is 2. The molecule has 0 spiro atoms. The second-order valence-electron chi connectivity index (χ2n) is 3.86. The van der Waals surface area contributed by atoms with E-state index in [0.717, 1.165) is 10.8 Å². The van der Waals surface area contributed by atoms with Gasteiger partial charge < -0.3 is 4.90 Å². The van der Waals surface area contributed by atoms with Crippen LogP contribution in [-0.2, 0) is 0 Å². The third-order valence-electron chi connectivity index (χ3n) is 2.17. The average Bonchev–Trinajstić information content (AvgIpc) is 2.82. The van der Waals surface area contributed by atoms with Crippen molar-refractivity contribution in [2.45, 2.75) is 24.0 Å². The predicted octanol–water partition coefficient (Wildman–Crippen LogP) is 3.20. The topological polar surface area (TPSA) is 41.9 Å². The van der Waals surface area contributed by atoms with E-state index < -0.39 is 0 Å². The van der Waals surface area contributed by atoms with Crippen molar-refractivity contribution in [1.29, 1.82) is 0 Å². The van der Waals surface area contributed by atoms with Crippen LogP contribution < -0.4 is 4.90 Å². The molecule has 0 saturated carbocycles. The summed E-state index contributed by atoms with van der Waals surface area (Å²) in [7, 11) is 1.97. The Labute approximate surface area is 109 Å². The summed E-state index contributed by atoms with van der Waals surface area (Å²) in [6.45, 7) is 4.38. The van der Waals surface area contributed by atoms with E-state index >= 15 is 0 Å². The number of rotatable bonds is 4. The fourth-order valence-electron chi connectivity index (χ4n) is 1.39. The van der Waals surface area contributed by atoms with Crippen LogP contribution in [0, 0.1) is 0 Å². The van der Waals surface area contributed by atoms with Crippen LogP contribution in [0.4, 0.5) is 10.8 Å². The van der Waals surface area contributed by atoms with Crippen LogP contribution in [0.3, 0.4) is 0 Å². The summed E-state index contributed by atoms with van der Waals surface area (Å²) in [5.41, 5.74) is 1.09. The molecule has 0 saturated heterocycles. The van der Waals surface area contributed by atoms with Crippen LogP contribution in [-0.4, -0.2) is 27.1 Å². The number of nitrogens with zero attached hydrogens (tertiary/aromatic N) is 4. The average molecular weight is 266 g/mol. The quantitative estimate of drug-likeness (QED) is 0.795. The summed E-state index contributed by atoms with van der Waals surface area (Å²) in [6.07, 6.45) is 0. The molecule has 0 radical (unpaired) electrons. The van der Waals surface area contributed by atoms with Crippen LogP contribution in [0.15, 0.2) is 29.2 Å². The summed E-state index contributed by atoms with van der Waals surface area (Å²) in [6, 6.07) is 8.44. The van der Waals surface area contributed by atoms with Crippen LogP contribution in [0.2, 0.25) is 0 Å². The Balaban J connectivity index is 2.12. The highest BCUT2D eigenvalue weighted by molar-refractivity contribution is 7.99. The standard InChI is InChI=1S/C11H14N4S2/c1-8(2)16-10-6-4-9(5-7-10)15(3)11-12-13-14-17-11/h4-8H,1-3H3. The molecule has 0 amide bonds. The third kappa shape index (κ3) is 3.17. The highest BCUT2D eigenvalue weighted by Gasteiger charge is 2.08. The molecule has 0 atom stereocenters. The maximum atomic E-state index is 3.94. The maximum absolute atomic E-state index is 3.94. The summed E-state index contributed by atoms with van der Waals surface area (Å²) in [5.74, 6) is 0. The van der Waals surface area contributed by atoms with Gasteiger partial charge in [0.15, 0.2) is 0 Å². The van der Waals surface area contributed by atoms with E-state index in [1.165, 1.54) is 16.4 Å². The van der Waals surface area contributed by atoms with Crippen molar-refractivity contribution in [3.05, 3.63) is 24.3 Å². The SMILES string of the molecule is CC(C)Sc1ccc(N(C)c2nnns2)cc1. The smallest absolute Gasteiger partial charge is 0.232 e. The van der Waals surface area contributed by atoms with Crippen LogP contribution in [0.5, 0.6) is 0 Å². The Hall–Kier alpha value is -1.14. The molecule has 1 aromatic carbocycles. The van der Waals surface area contributed by atoms with Gasteiger partial charge in [-0.2, -0.15) is 0 Å². The van der Waals surface area contributed by atoms with Crippen molar-refractivity contribution >= 4 is 34.1 Å². The first-order valence-corrected chi connectivity index (χ1v) is 6.97. The second kappa shape index (κ2) is 5.46. The fraction of sp³-hybridized carbons (Fsp3) is 0.364. The fourth-order valence-corrected chi connectivity index (χ4v) is 2.67. The summed E-state index contributed by atoms with van der Waals surface area (Å²) >= 11 is 3.15. The predicted molar refractivity (Wildman–Crippen MR) is 73.2 cm³/mol. The van der Waals surface area contributed by atoms with Gasteiger partial charge in [-0.25, -0.2) is 0 Å². The minimum absolute atomic E-state index is 0.603. The van der Waals surface area contributed by atoms with Crippen LogP contribution in [0.1, 0.15) is 13.8 Å². The molecule has 0 unspecified atom stereocenters. The molecule has 0 fully saturated rings. The first-order valence-electron chi connectivity index (χ1n) is 5.32. The number of thioether (sulfide) groups is 1. The molecule has 0 aliphatic heterocycles. The van der Waals surface area contributed by atoms with Gasteiger partial charge in [0.2, 0.25) is 5.13 Å². The molecule has 1 heterocycles. The van der Waals surface area contributed by atoms with Crippen molar-refractivity contribution in [2.75, 3.05) is 11.9 Å². The molecule has 2 rings (SSSR count). The minimum Gasteiger partial charge on any atom is -0.318 e. The largest absolute Gasteiger partial charge is 0.318 e. The Morgan fingerprint density at radius 2 is 1.94 bits per heavy atom. The van der Waals surface area contributed by atoms with Crippen molar-refractivity contribution < 1.29 is 0 Å². The zero-order valence-corrected chi connectivity index (χ0v) is 11.6. The van der Waals surface area contributed by atoms with Gasteiger partial charge in [0.05, 0.1) is 0 Å². The van der Waals surface area contributed by atoms with E-state index in [1.54, 1.807) is 0 Å². The number of hydrogen-bond donors (Lipinski definition) is 0. The molecule has 0 aliphatic rings. The van der Waals surface area contributed by atoms with Gasteiger partial charge in [-0.1, -0.05) is 23.4 Å². The molecule has 4 nitrogen and oxygen atoms in total. The van der Waals surface area contributed by atoms with Gasteiger partial charge in [-0.3, -0.25) is 0 Å². The summed E-state index contributed by atoms with van der Waals surface area (Å²) in [4.78, 5) is 3.27. The molecule has 0 aliphatic carbocycles. The lowest BCUT2D eigenvalue weighted by atomic mass is 10.3. The molecule has 17 heavy (non-hydrogen) atoms. The number of benzene rings is 1. The van der Waals surface area contributed by atoms with E-state index in [4.69, 9.17) is 0 Å². The first kappa shape index (κ1) is 12.3. The highest BCUT2D eigenvalue weighted by atomic mass is 32.2. The maximum Gasteiger partial charge on any atom is 0.232 e. The summed E-state index contributed by atoms with van der Waals surface area (Å²) in [5, 5.41) is 8.94. The van der Waals surface area contributed by atoms with E-state index in [1.807, 2.05) is 23.7 Å². The third-order valence-corrected chi connectivity index (χ3v) is 3.86. The van der Waals surface area contributed by atoms with Crippen molar-refractivity contribution in [3.8, 4) is 0 Å². The molecular weight excluding hydrogens is 252 g/mol. The molecule has 90 valence electrons. The Morgan fingerprint density at radius 1 is 1.24 bits per heavy atom. The van der Waals surface area contributed by atoms with Gasteiger partial charge in [-0.15, -0.1) is 11.8 Å². The van der Waals surface area contributed by atoms with E-state index in [0.29, 0.717) is 5.25 Å². The van der Waals surface area contributed by atoms with Crippen LogP contribution >= 0.6 is 23.3 Å². The van der Waals surface area contributed by atoms with E-state index in [-0.39, 0.29) is 0 Å². The van der Waals surface area contributed by atoms with Gasteiger partial charge in [0, 0.05) is 34.4 Å². The van der Waals surface area contributed by atoms with Gasteiger partial charge in [0.1, 0.15) is 0 Å². The lowest BCUT2D eigenvalue weighted by Crippen LogP contribution is -2.08. The summed E-state index contributed by atoms with van der Waals surface area (Å²) < 4.78 is 3.76. The van der Waals surface area contributed by atoms with Gasteiger partial charge >= 0.3 is 0 Å². The van der Waals surface area contributed by atoms with Gasteiger partial charge in [0.25, 0.3) is 0 Å². The highest BCUT2D eigenvalue weighted by Crippen LogP contribution is 2.28. The van der Waals surface area contributed by atoms with E-state index in [2.05, 4.69) is 52.9 Å². The zero-order valence-electron chi connectivity index (χ0n) is 9.99. The first-order chi connectivity index (χ1) is 8.16. The Kier molecular flexibility index (Phi) is 3.96. The van der Waals surface area contributed by atoms with Gasteiger partial charge in [-0.05, 0) is 29.5 Å². The molecule has 0 bridgehead atoms. The molecule has 2 aromatic rings. The number of aromatic nitrogens is 3. The lowest BCUT2D eigenvalue weighted by molar-refractivity contribution is 0.944. The number of hydrogen-bond acceptors (Lipinski definition) is 6. The van der Waals surface area contributed by atoms with E-state index in [9.17, 15) is 0 Å². The van der Waals surface area contributed by atoms with Crippen molar-refractivity contribution in [3.63, 3.8) is 0 Å². The van der Waals surface area contributed by atoms with Crippen molar-refractivity contribution in [2.24, 2.45) is 0 Å². The molecular formula is C11H14N4S2.